The number of pyridine rings is 1. The lowest BCUT2D eigenvalue weighted by Gasteiger charge is -2.22. The van der Waals surface area contributed by atoms with Gasteiger partial charge in [0, 0.05) is 39.6 Å². The van der Waals surface area contributed by atoms with Crippen LogP contribution in [0, 0.1) is 5.82 Å². The fourth-order valence-corrected chi connectivity index (χ4v) is 2.19. The number of nitrogens with zero attached hydrogens (tertiary/aromatic N) is 3. The fraction of sp³-hybridized carbons (Fsp3) is 0.294. The average Bonchev–Trinajstić information content (AvgIpc) is 2.54. The molecule has 23 heavy (non-hydrogen) atoms. The van der Waals surface area contributed by atoms with E-state index in [-0.39, 0.29) is 29.8 Å². The highest BCUT2D eigenvalue weighted by Crippen LogP contribution is 2.05. The van der Waals surface area contributed by atoms with Gasteiger partial charge in [0.25, 0.3) is 0 Å². The Kier molecular flexibility index (Phi) is 8.53. The summed E-state index contributed by atoms with van der Waals surface area (Å²) in [6.07, 6.45) is 4.52. The second-order valence-corrected chi connectivity index (χ2v) is 5.07. The molecule has 0 unspecified atom stereocenters. The van der Waals surface area contributed by atoms with Crippen LogP contribution < -0.4 is 5.32 Å². The van der Waals surface area contributed by atoms with Gasteiger partial charge in [-0.15, -0.1) is 24.0 Å². The number of hydrogen-bond acceptors (Lipinski definition) is 2. The van der Waals surface area contributed by atoms with Crippen molar-refractivity contribution < 1.29 is 4.39 Å². The van der Waals surface area contributed by atoms with Gasteiger partial charge in [0.05, 0.1) is 0 Å². The van der Waals surface area contributed by atoms with Gasteiger partial charge < -0.3 is 10.2 Å². The number of halogens is 2. The SMILES string of the molecule is CN=C(NCCc1cccnc1)N(C)Cc1ccc(F)cc1.I. The summed E-state index contributed by atoms with van der Waals surface area (Å²) < 4.78 is 12.9. The zero-order valence-electron chi connectivity index (χ0n) is 13.4. The van der Waals surface area contributed by atoms with Gasteiger partial charge in [0.1, 0.15) is 5.82 Å². The third-order valence-electron chi connectivity index (χ3n) is 3.33. The largest absolute Gasteiger partial charge is 0.356 e. The molecule has 0 atom stereocenters. The molecule has 0 aliphatic heterocycles. The summed E-state index contributed by atoms with van der Waals surface area (Å²) in [6, 6.07) is 10.5. The maximum atomic E-state index is 12.9. The van der Waals surface area contributed by atoms with E-state index in [2.05, 4.69) is 21.4 Å². The van der Waals surface area contributed by atoms with Crippen molar-refractivity contribution in [1.82, 2.24) is 15.2 Å². The molecule has 1 heterocycles. The van der Waals surface area contributed by atoms with Crippen LogP contribution in [0.25, 0.3) is 0 Å². The van der Waals surface area contributed by atoms with Gasteiger partial charge in [-0.3, -0.25) is 9.98 Å². The number of guanidine groups is 1. The summed E-state index contributed by atoms with van der Waals surface area (Å²) >= 11 is 0. The number of aliphatic imine (C=N–C) groups is 1. The van der Waals surface area contributed by atoms with Crippen molar-refractivity contribution >= 4 is 29.9 Å². The average molecular weight is 428 g/mol. The third-order valence-corrected chi connectivity index (χ3v) is 3.33. The number of rotatable bonds is 5. The molecule has 2 rings (SSSR count). The molecule has 124 valence electrons. The van der Waals surface area contributed by atoms with E-state index in [0.29, 0.717) is 6.54 Å². The fourth-order valence-electron chi connectivity index (χ4n) is 2.19. The van der Waals surface area contributed by atoms with Crippen molar-refractivity contribution in [3.05, 3.63) is 65.7 Å². The Balaban J connectivity index is 0.00000264. The molecule has 0 radical (unpaired) electrons. The minimum atomic E-state index is -0.217. The molecule has 0 spiro atoms. The number of aromatic nitrogens is 1. The van der Waals surface area contributed by atoms with Crippen molar-refractivity contribution in [3.63, 3.8) is 0 Å². The summed E-state index contributed by atoms with van der Waals surface area (Å²) in [6.45, 7) is 1.46. The first-order chi connectivity index (χ1) is 10.7. The minimum absolute atomic E-state index is 0. The van der Waals surface area contributed by atoms with Crippen LogP contribution in [0.3, 0.4) is 0 Å². The highest BCUT2D eigenvalue weighted by molar-refractivity contribution is 14.0. The topological polar surface area (TPSA) is 40.5 Å². The minimum Gasteiger partial charge on any atom is -0.356 e. The zero-order chi connectivity index (χ0) is 15.8. The van der Waals surface area contributed by atoms with E-state index in [1.807, 2.05) is 24.2 Å². The van der Waals surface area contributed by atoms with Crippen molar-refractivity contribution in [2.75, 3.05) is 20.6 Å². The summed E-state index contributed by atoms with van der Waals surface area (Å²) in [4.78, 5) is 10.4. The van der Waals surface area contributed by atoms with Crippen LogP contribution in [0.1, 0.15) is 11.1 Å². The molecule has 0 saturated heterocycles. The predicted molar refractivity (Wildman–Crippen MR) is 103 cm³/mol. The van der Waals surface area contributed by atoms with Gasteiger partial charge in [-0.2, -0.15) is 0 Å². The van der Waals surface area contributed by atoms with Crippen molar-refractivity contribution in [2.45, 2.75) is 13.0 Å². The van der Waals surface area contributed by atoms with Crippen LogP contribution >= 0.6 is 24.0 Å². The van der Waals surface area contributed by atoms with Crippen LogP contribution in [0.4, 0.5) is 4.39 Å². The number of benzene rings is 1. The molecular formula is C17H22FIN4. The Morgan fingerprint density at radius 1 is 1.22 bits per heavy atom. The molecule has 0 aliphatic rings. The Morgan fingerprint density at radius 3 is 2.57 bits per heavy atom. The van der Waals surface area contributed by atoms with Crippen LogP contribution in [-0.2, 0) is 13.0 Å². The van der Waals surface area contributed by atoms with Gasteiger partial charge in [-0.25, -0.2) is 4.39 Å². The molecule has 0 saturated carbocycles. The molecule has 0 fully saturated rings. The van der Waals surface area contributed by atoms with E-state index in [1.54, 1.807) is 25.4 Å². The van der Waals surface area contributed by atoms with E-state index >= 15 is 0 Å². The van der Waals surface area contributed by atoms with Gasteiger partial charge >= 0.3 is 0 Å². The Morgan fingerprint density at radius 2 is 1.96 bits per heavy atom. The first-order valence-corrected chi connectivity index (χ1v) is 7.24. The van der Waals surface area contributed by atoms with Gasteiger partial charge in [-0.05, 0) is 35.7 Å². The van der Waals surface area contributed by atoms with Crippen molar-refractivity contribution in [2.24, 2.45) is 4.99 Å². The molecule has 2 aromatic rings. The molecule has 0 aliphatic carbocycles. The number of nitrogens with one attached hydrogen (secondary N) is 1. The van der Waals surface area contributed by atoms with E-state index in [4.69, 9.17) is 0 Å². The highest BCUT2D eigenvalue weighted by Gasteiger charge is 2.06. The first kappa shape index (κ1) is 19.3. The molecule has 1 N–H and O–H groups in total. The third kappa shape index (κ3) is 6.52. The smallest absolute Gasteiger partial charge is 0.193 e. The van der Waals surface area contributed by atoms with Gasteiger partial charge in [-0.1, -0.05) is 18.2 Å². The van der Waals surface area contributed by atoms with Crippen LogP contribution in [0.15, 0.2) is 53.8 Å². The molecule has 1 aromatic carbocycles. The van der Waals surface area contributed by atoms with Crippen molar-refractivity contribution in [1.29, 1.82) is 0 Å². The molecule has 6 heteroatoms. The maximum absolute atomic E-state index is 12.9. The van der Waals surface area contributed by atoms with Crippen LogP contribution in [0.2, 0.25) is 0 Å². The van der Waals surface area contributed by atoms with E-state index in [1.165, 1.54) is 17.7 Å². The quantitative estimate of drug-likeness (QED) is 0.452. The normalized spacial score (nSPS) is 10.8. The van der Waals surface area contributed by atoms with Crippen LogP contribution in [0.5, 0.6) is 0 Å². The van der Waals surface area contributed by atoms with Crippen molar-refractivity contribution in [3.8, 4) is 0 Å². The van der Waals surface area contributed by atoms with E-state index < -0.39 is 0 Å². The number of hydrogen-bond donors (Lipinski definition) is 1. The first-order valence-electron chi connectivity index (χ1n) is 7.24. The van der Waals surface area contributed by atoms with Gasteiger partial charge in [0.15, 0.2) is 5.96 Å². The summed E-state index contributed by atoms with van der Waals surface area (Å²) in [5.41, 5.74) is 2.23. The zero-order valence-corrected chi connectivity index (χ0v) is 15.7. The standard InChI is InChI=1S/C17H21FN4.HI/c1-19-17(21-11-9-14-4-3-10-20-12-14)22(2)13-15-5-7-16(18)8-6-15;/h3-8,10,12H,9,11,13H2,1-2H3,(H,19,21);1H. The summed E-state index contributed by atoms with van der Waals surface area (Å²) in [7, 11) is 3.72. The predicted octanol–water partition coefficient (Wildman–Crippen LogP) is 3.09. The lowest BCUT2D eigenvalue weighted by Crippen LogP contribution is -2.39. The highest BCUT2D eigenvalue weighted by atomic mass is 127. The summed E-state index contributed by atoms with van der Waals surface area (Å²) in [5, 5.41) is 3.32. The molecular weight excluding hydrogens is 406 g/mol. The maximum Gasteiger partial charge on any atom is 0.193 e. The van der Waals surface area contributed by atoms with E-state index in [9.17, 15) is 4.39 Å². The second kappa shape index (κ2) is 10.1. The molecule has 4 nitrogen and oxygen atoms in total. The lowest BCUT2D eigenvalue weighted by molar-refractivity contribution is 0.476. The molecule has 0 amide bonds. The monoisotopic (exact) mass is 428 g/mol. The van der Waals surface area contributed by atoms with Crippen LogP contribution in [-0.4, -0.2) is 36.5 Å². The second-order valence-electron chi connectivity index (χ2n) is 5.07. The molecule has 1 aromatic heterocycles. The Labute approximate surface area is 153 Å². The molecule has 0 bridgehead atoms. The van der Waals surface area contributed by atoms with E-state index in [0.717, 1.165) is 24.5 Å². The summed E-state index contributed by atoms with van der Waals surface area (Å²) in [5.74, 6) is 0.596. The van der Waals surface area contributed by atoms with Gasteiger partial charge in [0.2, 0.25) is 0 Å². The lowest BCUT2D eigenvalue weighted by atomic mass is 10.2. The Hall–Kier alpha value is -1.70. The Bertz CT molecular complexity index is 602.